The van der Waals surface area contributed by atoms with Crippen molar-refractivity contribution in [3.05, 3.63) is 36.7 Å². The van der Waals surface area contributed by atoms with Crippen LogP contribution in [0.1, 0.15) is 26.7 Å². The molecule has 0 unspecified atom stereocenters. The van der Waals surface area contributed by atoms with Crippen molar-refractivity contribution in [1.29, 1.82) is 0 Å². The molecule has 0 spiro atoms. The molecule has 1 aliphatic heterocycles. The van der Waals surface area contributed by atoms with E-state index in [1.54, 1.807) is 0 Å². The Morgan fingerprint density at radius 1 is 0.833 bits per heavy atom. The summed E-state index contributed by atoms with van der Waals surface area (Å²) in [5.41, 5.74) is 0. The highest BCUT2D eigenvalue weighted by molar-refractivity contribution is 5.85. The summed E-state index contributed by atoms with van der Waals surface area (Å²) in [5, 5.41) is 2.92. The van der Waals surface area contributed by atoms with Crippen LogP contribution in [0.25, 0.3) is 0 Å². The SMILES string of the molecule is C1=CC=CNC=C1.CCCC.Cl. The molecule has 12 heavy (non-hydrogen) atoms. The number of rotatable bonds is 1. The highest BCUT2D eigenvalue weighted by Crippen LogP contribution is 1.81. The summed E-state index contributed by atoms with van der Waals surface area (Å²) in [6.07, 6.45) is 14.2. The van der Waals surface area contributed by atoms with E-state index in [0.29, 0.717) is 0 Å². The number of halogens is 1. The van der Waals surface area contributed by atoms with Crippen LogP contribution in [0, 0.1) is 0 Å². The van der Waals surface area contributed by atoms with Gasteiger partial charge in [0.2, 0.25) is 0 Å². The smallest absolute Gasteiger partial charge is 0.000442 e. The van der Waals surface area contributed by atoms with Crippen molar-refractivity contribution in [2.24, 2.45) is 0 Å². The third-order valence-electron chi connectivity index (χ3n) is 1.22. The zero-order valence-corrected chi connectivity index (χ0v) is 8.60. The second kappa shape index (κ2) is 12.9. The number of hydrogen-bond donors (Lipinski definition) is 1. The first-order valence-corrected chi connectivity index (χ1v) is 4.16. The fraction of sp³-hybridized carbons (Fsp3) is 0.400. The van der Waals surface area contributed by atoms with Crippen molar-refractivity contribution in [3.63, 3.8) is 0 Å². The van der Waals surface area contributed by atoms with Crippen LogP contribution in [0.3, 0.4) is 0 Å². The lowest BCUT2D eigenvalue weighted by Gasteiger charge is -1.79. The van der Waals surface area contributed by atoms with E-state index < -0.39 is 0 Å². The predicted molar refractivity (Wildman–Crippen MR) is 58.4 cm³/mol. The highest BCUT2D eigenvalue weighted by Gasteiger charge is 1.67. The maximum Gasteiger partial charge on any atom is 0.000442 e. The molecule has 0 aromatic carbocycles. The van der Waals surface area contributed by atoms with E-state index in [1.165, 1.54) is 12.8 Å². The molecule has 0 aliphatic carbocycles. The Hall–Kier alpha value is -0.690. The first-order valence-electron chi connectivity index (χ1n) is 4.16. The zero-order valence-electron chi connectivity index (χ0n) is 7.79. The number of hydrogen-bond acceptors (Lipinski definition) is 1. The van der Waals surface area contributed by atoms with Crippen molar-refractivity contribution in [2.45, 2.75) is 26.7 Å². The Balaban J connectivity index is 0. The van der Waals surface area contributed by atoms with E-state index in [0.717, 1.165) is 0 Å². The Labute approximate surface area is 81.7 Å². The van der Waals surface area contributed by atoms with Crippen LogP contribution in [0.4, 0.5) is 0 Å². The van der Waals surface area contributed by atoms with Gasteiger partial charge in [0, 0.05) is 12.4 Å². The van der Waals surface area contributed by atoms with Crippen molar-refractivity contribution < 1.29 is 0 Å². The summed E-state index contributed by atoms with van der Waals surface area (Å²) < 4.78 is 0. The Kier molecular flexibility index (Phi) is 15.0. The predicted octanol–water partition coefficient (Wildman–Crippen LogP) is 3.40. The van der Waals surface area contributed by atoms with E-state index in [2.05, 4.69) is 19.2 Å². The second-order valence-corrected chi connectivity index (χ2v) is 2.27. The summed E-state index contributed by atoms with van der Waals surface area (Å²) in [7, 11) is 0. The molecule has 0 saturated carbocycles. The van der Waals surface area contributed by atoms with Gasteiger partial charge in [-0.1, -0.05) is 38.8 Å². The first-order chi connectivity index (χ1) is 5.41. The van der Waals surface area contributed by atoms with Gasteiger partial charge in [0.05, 0.1) is 0 Å². The standard InChI is InChI=1S/C6H7N.C4H10.ClH/c1-2-4-6-7-5-3-1;1-3-4-2;/h1-7H;3-4H2,1-2H3;1H. The average Bonchev–Trinajstić information content (AvgIpc) is 2.35. The summed E-state index contributed by atoms with van der Waals surface area (Å²) in [6, 6.07) is 0. The molecule has 0 bridgehead atoms. The third-order valence-corrected chi connectivity index (χ3v) is 1.22. The molecule has 0 fully saturated rings. The van der Waals surface area contributed by atoms with Crippen LogP contribution < -0.4 is 5.32 Å². The summed E-state index contributed by atoms with van der Waals surface area (Å²) in [4.78, 5) is 0. The van der Waals surface area contributed by atoms with Crippen molar-refractivity contribution >= 4 is 12.4 Å². The highest BCUT2D eigenvalue weighted by atomic mass is 35.5. The van der Waals surface area contributed by atoms with Crippen molar-refractivity contribution in [2.75, 3.05) is 0 Å². The van der Waals surface area contributed by atoms with Crippen LogP contribution in [0.15, 0.2) is 36.7 Å². The maximum atomic E-state index is 2.92. The molecular weight excluding hydrogens is 170 g/mol. The van der Waals surface area contributed by atoms with Gasteiger partial charge in [-0.15, -0.1) is 12.4 Å². The topological polar surface area (TPSA) is 12.0 Å². The lowest BCUT2D eigenvalue weighted by atomic mass is 10.4. The summed E-state index contributed by atoms with van der Waals surface area (Å²) >= 11 is 0. The molecule has 1 aliphatic rings. The van der Waals surface area contributed by atoms with Gasteiger partial charge >= 0.3 is 0 Å². The minimum Gasteiger partial charge on any atom is -0.368 e. The molecule has 1 N–H and O–H groups in total. The van der Waals surface area contributed by atoms with Gasteiger partial charge in [-0.05, 0) is 12.2 Å². The summed E-state index contributed by atoms with van der Waals surface area (Å²) in [6.45, 7) is 4.36. The van der Waals surface area contributed by atoms with Gasteiger partial charge in [-0.3, -0.25) is 0 Å². The van der Waals surface area contributed by atoms with Crippen LogP contribution in [-0.2, 0) is 0 Å². The van der Waals surface area contributed by atoms with Gasteiger partial charge in [-0.2, -0.15) is 0 Å². The monoisotopic (exact) mass is 187 g/mol. The molecular formula is C10H18ClN. The number of unbranched alkanes of at least 4 members (excludes halogenated alkanes) is 1. The number of allylic oxidation sites excluding steroid dienone is 4. The van der Waals surface area contributed by atoms with Crippen LogP contribution in [-0.4, -0.2) is 0 Å². The van der Waals surface area contributed by atoms with Gasteiger partial charge in [0.25, 0.3) is 0 Å². The molecule has 1 rings (SSSR count). The molecule has 70 valence electrons. The fourth-order valence-electron chi connectivity index (χ4n) is 0.406. The Bertz CT molecular complexity index is 132. The minimum absolute atomic E-state index is 0. The maximum absolute atomic E-state index is 2.92. The molecule has 0 aromatic rings. The molecule has 0 atom stereocenters. The Morgan fingerprint density at radius 2 is 1.25 bits per heavy atom. The molecule has 0 amide bonds. The van der Waals surface area contributed by atoms with Crippen LogP contribution in [0.2, 0.25) is 0 Å². The van der Waals surface area contributed by atoms with E-state index in [-0.39, 0.29) is 12.4 Å². The molecule has 0 aromatic heterocycles. The quantitative estimate of drug-likeness (QED) is 0.664. The molecule has 0 saturated heterocycles. The molecule has 1 heterocycles. The molecule has 0 radical (unpaired) electrons. The van der Waals surface area contributed by atoms with E-state index in [9.17, 15) is 0 Å². The fourth-order valence-corrected chi connectivity index (χ4v) is 0.406. The van der Waals surface area contributed by atoms with E-state index in [1.807, 2.05) is 36.7 Å². The van der Waals surface area contributed by atoms with Crippen LogP contribution >= 0.6 is 12.4 Å². The largest absolute Gasteiger partial charge is 0.368 e. The van der Waals surface area contributed by atoms with Gasteiger partial charge < -0.3 is 5.32 Å². The van der Waals surface area contributed by atoms with Gasteiger partial charge in [0.15, 0.2) is 0 Å². The Morgan fingerprint density at radius 3 is 1.58 bits per heavy atom. The molecule has 2 heteroatoms. The van der Waals surface area contributed by atoms with Crippen molar-refractivity contribution in [1.82, 2.24) is 5.32 Å². The first kappa shape index (κ1) is 13.9. The number of nitrogens with one attached hydrogen (secondary N) is 1. The minimum atomic E-state index is 0. The normalized spacial score (nSPS) is 11.8. The van der Waals surface area contributed by atoms with E-state index in [4.69, 9.17) is 0 Å². The average molecular weight is 188 g/mol. The van der Waals surface area contributed by atoms with Crippen molar-refractivity contribution in [3.8, 4) is 0 Å². The zero-order chi connectivity index (χ0) is 8.36. The lowest BCUT2D eigenvalue weighted by Crippen LogP contribution is -1.87. The van der Waals surface area contributed by atoms with Gasteiger partial charge in [-0.25, -0.2) is 0 Å². The van der Waals surface area contributed by atoms with Crippen LogP contribution in [0.5, 0.6) is 0 Å². The van der Waals surface area contributed by atoms with Gasteiger partial charge in [0.1, 0.15) is 0 Å². The summed E-state index contributed by atoms with van der Waals surface area (Å²) in [5.74, 6) is 0. The third kappa shape index (κ3) is 12.0. The second-order valence-electron chi connectivity index (χ2n) is 2.27. The molecule has 1 nitrogen and oxygen atoms in total. The lowest BCUT2D eigenvalue weighted by molar-refractivity contribution is 0.886. The van der Waals surface area contributed by atoms with E-state index >= 15 is 0 Å².